The summed E-state index contributed by atoms with van der Waals surface area (Å²) in [6.07, 6.45) is 5.24. The van der Waals surface area contributed by atoms with Crippen LogP contribution in [-0.2, 0) is 0 Å². The van der Waals surface area contributed by atoms with Crippen LogP contribution in [0, 0.1) is 26.4 Å². The van der Waals surface area contributed by atoms with Crippen LogP contribution in [0.15, 0.2) is 35.4 Å². The first-order valence-electron chi connectivity index (χ1n) is 11.2. The second-order valence-corrected chi connectivity index (χ2v) is 12.1. The van der Waals surface area contributed by atoms with Gasteiger partial charge in [-0.15, -0.1) is 0 Å². The quantitative estimate of drug-likeness (QED) is 0.397. The number of nitro groups is 1. The van der Waals surface area contributed by atoms with Gasteiger partial charge in [-0.1, -0.05) is 40.2 Å². The van der Waals surface area contributed by atoms with Gasteiger partial charge in [0, 0.05) is 17.7 Å². The van der Waals surface area contributed by atoms with Crippen LogP contribution in [0.4, 0.5) is 5.69 Å². The van der Waals surface area contributed by atoms with Gasteiger partial charge in [-0.05, 0) is 72.5 Å². The molecule has 2 N–H and O–H groups in total. The molecule has 31 heavy (non-hydrogen) atoms. The summed E-state index contributed by atoms with van der Waals surface area (Å²) >= 11 is 0. The Bertz CT molecular complexity index is 962. The molecule has 3 aliphatic carbocycles. The molecule has 0 unspecified atom stereocenters. The van der Waals surface area contributed by atoms with Crippen LogP contribution in [0.25, 0.3) is 0 Å². The van der Waals surface area contributed by atoms with Gasteiger partial charge in [0.2, 0.25) is 0 Å². The van der Waals surface area contributed by atoms with Crippen LogP contribution in [-0.4, -0.2) is 27.6 Å². The SMILES string of the molecule is CC1(C)CC2=C([C@@H](NC(=O)c3ccc([N+](=O)[O-])cc3)C1)[C@@]1(O)CC(C)(C)C[C@@](C)(C2)C1. The highest BCUT2D eigenvalue weighted by Gasteiger charge is 2.57. The number of amides is 1. The minimum atomic E-state index is -0.895. The van der Waals surface area contributed by atoms with Crippen molar-refractivity contribution in [2.75, 3.05) is 0 Å². The Labute approximate surface area is 184 Å². The molecule has 2 bridgehead atoms. The van der Waals surface area contributed by atoms with E-state index in [-0.39, 0.29) is 33.9 Å². The number of fused-ring (bicyclic) bond motifs is 3. The maximum absolute atomic E-state index is 13.1. The highest BCUT2D eigenvalue weighted by Crippen LogP contribution is 2.62. The molecule has 0 aliphatic heterocycles. The van der Waals surface area contributed by atoms with E-state index in [9.17, 15) is 20.0 Å². The molecule has 1 amide bonds. The standard InChI is InChI=1S/C25H34N2O4/c1-22(2)10-17-11-24(5)13-23(3,4)14-25(29,15-24)20(17)19(12-22)26-21(28)16-6-8-18(9-7-16)27(30)31/h6-9,19,29H,10-15H2,1-5H3,(H,26,28)/t19-,24+,25+/m0/s1. The van der Waals surface area contributed by atoms with Crippen molar-refractivity contribution in [3.8, 4) is 0 Å². The number of aliphatic hydroxyl groups is 1. The van der Waals surface area contributed by atoms with Crippen molar-refractivity contribution in [1.82, 2.24) is 5.32 Å². The van der Waals surface area contributed by atoms with Crippen LogP contribution in [0.5, 0.6) is 0 Å². The highest BCUT2D eigenvalue weighted by molar-refractivity contribution is 5.94. The number of rotatable bonds is 3. The van der Waals surface area contributed by atoms with Crippen molar-refractivity contribution >= 4 is 11.6 Å². The molecular formula is C25H34N2O4. The number of nitro benzene ring substituents is 1. The monoisotopic (exact) mass is 426 g/mol. The zero-order valence-corrected chi connectivity index (χ0v) is 19.2. The normalized spacial score (nSPS) is 33.4. The third-order valence-electron chi connectivity index (χ3n) is 7.36. The molecule has 0 saturated heterocycles. The Morgan fingerprint density at radius 1 is 1.03 bits per heavy atom. The van der Waals surface area contributed by atoms with Crippen molar-refractivity contribution < 1.29 is 14.8 Å². The number of carbonyl (C=O) groups excluding carboxylic acids is 1. The van der Waals surface area contributed by atoms with Crippen LogP contribution in [0.2, 0.25) is 0 Å². The molecule has 3 aliphatic rings. The fourth-order valence-electron chi connectivity index (χ4n) is 7.23. The second kappa shape index (κ2) is 6.89. The average Bonchev–Trinajstić information content (AvgIpc) is 2.56. The lowest BCUT2D eigenvalue weighted by molar-refractivity contribution is -0.384. The van der Waals surface area contributed by atoms with Gasteiger partial charge in [-0.2, -0.15) is 0 Å². The average molecular weight is 427 g/mol. The van der Waals surface area contributed by atoms with Crippen molar-refractivity contribution in [3.63, 3.8) is 0 Å². The third-order valence-corrected chi connectivity index (χ3v) is 7.36. The molecule has 1 aromatic carbocycles. The van der Waals surface area contributed by atoms with E-state index < -0.39 is 10.5 Å². The lowest BCUT2D eigenvalue weighted by Gasteiger charge is -2.59. The van der Waals surface area contributed by atoms with Crippen molar-refractivity contribution in [2.45, 2.75) is 84.8 Å². The van der Waals surface area contributed by atoms with E-state index in [1.165, 1.54) is 29.8 Å². The molecule has 1 fully saturated rings. The number of non-ortho nitro benzene ring substituents is 1. The zero-order chi connectivity index (χ0) is 22.8. The Balaban J connectivity index is 1.68. The predicted molar refractivity (Wildman–Crippen MR) is 120 cm³/mol. The summed E-state index contributed by atoms with van der Waals surface area (Å²) in [5.74, 6) is -0.253. The molecule has 168 valence electrons. The third kappa shape index (κ3) is 4.14. The first kappa shape index (κ1) is 22.0. The van der Waals surface area contributed by atoms with Gasteiger partial charge < -0.3 is 10.4 Å². The molecule has 0 spiro atoms. The minimum Gasteiger partial charge on any atom is -0.385 e. The van der Waals surface area contributed by atoms with E-state index in [4.69, 9.17) is 0 Å². The van der Waals surface area contributed by atoms with Crippen LogP contribution in [0.1, 0.15) is 83.5 Å². The lowest BCUT2D eigenvalue weighted by atomic mass is 9.49. The smallest absolute Gasteiger partial charge is 0.269 e. The van der Waals surface area contributed by atoms with E-state index in [1.807, 2.05) is 0 Å². The highest BCUT2D eigenvalue weighted by atomic mass is 16.6. The maximum atomic E-state index is 13.1. The van der Waals surface area contributed by atoms with Crippen molar-refractivity contribution in [3.05, 3.63) is 51.1 Å². The summed E-state index contributed by atoms with van der Waals surface area (Å²) in [6, 6.07) is 5.46. The van der Waals surface area contributed by atoms with E-state index in [0.717, 1.165) is 37.7 Å². The Hall–Kier alpha value is -2.21. The number of hydrogen-bond donors (Lipinski definition) is 2. The van der Waals surface area contributed by atoms with Gasteiger partial charge in [0.05, 0.1) is 16.6 Å². The summed E-state index contributed by atoms with van der Waals surface area (Å²) in [6.45, 7) is 11.2. The second-order valence-electron chi connectivity index (χ2n) is 12.1. The fraction of sp³-hybridized carbons (Fsp3) is 0.640. The number of benzene rings is 1. The molecule has 3 atom stereocenters. The van der Waals surface area contributed by atoms with Crippen molar-refractivity contribution in [2.24, 2.45) is 16.2 Å². The first-order valence-corrected chi connectivity index (χ1v) is 11.2. The molecule has 0 heterocycles. The largest absolute Gasteiger partial charge is 0.385 e. The van der Waals surface area contributed by atoms with Gasteiger partial charge in [-0.3, -0.25) is 14.9 Å². The summed E-state index contributed by atoms with van der Waals surface area (Å²) in [7, 11) is 0. The molecule has 4 rings (SSSR count). The Morgan fingerprint density at radius 2 is 1.68 bits per heavy atom. The van der Waals surface area contributed by atoms with Gasteiger partial charge >= 0.3 is 0 Å². The van der Waals surface area contributed by atoms with E-state index in [1.54, 1.807) is 0 Å². The molecule has 0 radical (unpaired) electrons. The first-order chi connectivity index (χ1) is 14.2. The molecule has 1 aromatic rings. The minimum absolute atomic E-state index is 0.0279. The van der Waals surface area contributed by atoms with E-state index >= 15 is 0 Å². The predicted octanol–water partition coefficient (Wildman–Crippen LogP) is 5.16. The number of nitrogens with one attached hydrogen (secondary N) is 1. The van der Waals surface area contributed by atoms with Gasteiger partial charge in [0.25, 0.3) is 11.6 Å². The van der Waals surface area contributed by atoms with Crippen molar-refractivity contribution in [1.29, 1.82) is 0 Å². The molecule has 0 aromatic heterocycles. The Kier molecular flexibility index (Phi) is 4.89. The van der Waals surface area contributed by atoms with E-state index in [2.05, 4.69) is 39.9 Å². The summed E-state index contributed by atoms with van der Waals surface area (Å²) in [5, 5.41) is 26.0. The summed E-state index contributed by atoms with van der Waals surface area (Å²) < 4.78 is 0. The van der Waals surface area contributed by atoms with Crippen LogP contribution >= 0.6 is 0 Å². The molecule has 6 heteroatoms. The topological polar surface area (TPSA) is 92.5 Å². The van der Waals surface area contributed by atoms with E-state index in [0.29, 0.717) is 12.0 Å². The number of carbonyl (C=O) groups is 1. The molecule has 6 nitrogen and oxygen atoms in total. The van der Waals surface area contributed by atoms with Gasteiger partial charge in [0.15, 0.2) is 0 Å². The Morgan fingerprint density at radius 3 is 2.29 bits per heavy atom. The fourth-order valence-corrected chi connectivity index (χ4v) is 7.23. The van der Waals surface area contributed by atoms with Gasteiger partial charge in [-0.25, -0.2) is 0 Å². The molecular weight excluding hydrogens is 392 g/mol. The number of allylic oxidation sites excluding steroid dienone is 1. The number of hydrogen-bond acceptors (Lipinski definition) is 4. The molecule has 1 saturated carbocycles. The maximum Gasteiger partial charge on any atom is 0.269 e. The van der Waals surface area contributed by atoms with Gasteiger partial charge in [0.1, 0.15) is 0 Å². The summed E-state index contributed by atoms with van der Waals surface area (Å²) in [5.41, 5.74) is 1.96. The zero-order valence-electron chi connectivity index (χ0n) is 19.2. The van der Waals surface area contributed by atoms with Crippen LogP contribution in [0.3, 0.4) is 0 Å². The lowest BCUT2D eigenvalue weighted by Crippen LogP contribution is -2.58. The summed E-state index contributed by atoms with van der Waals surface area (Å²) in [4.78, 5) is 23.5. The van der Waals surface area contributed by atoms with Crippen LogP contribution < -0.4 is 5.32 Å². The number of nitrogens with zero attached hydrogens (tertiary/aromatic N) is 1.